The quantitative estimate of drug-likeness (QED) is 0.758. The third kappa shape index (κ3) is 4.69. The van der Waals surface area contributed by atoms with Gasteiger partial charge in [0, 0.05) is 43.6 Å². The van der Waals surface area contributed by atoms with E-state index in [9.17, 15) is 0 Å². The summed E-state index contributed by atoms with van der Waals surface area (Å²) < 4.78 is 0. The molecule has 0 spiro atoms. The van der Waals surface area contributed by atoms with Gasteiger partial charge >= 0.3 is 0 Å². The molecule has 6 heteroatoms. The van der Waals surface area contributed by atoms with Crippen molar-refractivity contribution < 1.29 is 0 Å². The molecule has 6 nitrogen and oxygen atoms in total. The van der Waals surface area contributed by atoms with Crippen molar-refractivity contribution in [2.24, 2.45) is 0 Å². The van der Waals surface area contributed by atoms with E-state index >= 15 is 0 Å². The molecule has 0 aromatic carbocycles. The maximum Gasteiger partial charge on any atom is 0.171 e. The molecule has 140 valence electrons. The van der Waals surface area contributed by atoms with Crippen molar-refractivity contribution in [2.45, 2.75) is 45.6 Å². The number of nitrogens with one attached hydrogen (secondary N) is 2. The number of anilines is 2. The maximum absolute atomic E-state index is 4.95. The molecule has 3 rings (SSSR count). The minimum absolute atomic E-state index is 0.398. The number of hydrogen-bond donors (Lipinski definition) is 2. The van der Waals surface area contributed by atoms with Gasteiger partial charge in [0.15, 0.2) is 11.6 Å². The largest absolute Gasteiger partial charge is 0.363 e. The fraction of sp³-hybridized carbons (Fsp3) is 0.550. The SMILES string of the molecule is CCCN(CCC)c1ncc(-c2ccncc2)nc1NC1CCCNC1. The zero-order chi connectivity index (χ0) is 18.2. The zero-order valence-electron chi connectivity index (χ0n) is 15.9. The Balaban J connectivity index is 1.93. The van der Waals surface area contributed by atoms with Gasteiger partial charge in [0.05, 0.1) is 11.9 Å². The zero-order valence-corrected chi connectivity index (χ0v) is 15.9. The molecule has 0 bridgehead atoms. The molecule has 1 aliphatic heterocycles. The summed E-state index contributed by atoms with van der Waals surface area (Å²) in [5.74, 6) is 1.87. The van der Waals surface area contributed by atoms with Crippen molar-refractivity contribution in [3.05, 3.63) is 30.7 Å². The Bertz CT molecular complexity index is 663. The van der Waals surface area contributed by atoms with Crippen LogP contribution >= 0.6 is 0 Å². The highest BCUT2D eigenvalue weighted by Gasteiger charge is 2.19. The number of piperidine rings is 1. The fourth-order valence-electron chi connectivity index (χ4n) is 3.40. The second-order valence-electron chi connectivity index (χ2n) is 6.84. The van der Waals surface area contributed by atoms with Crippen LogP contribution < -0.4 is 15.5 Å². The first-order valence-corrected chi connectivity index (χ1v) is 9.81. The van der Waals surface area contributed by atoms with Gasteiger partial charge in [0.25, 0.3) is 0 Å². The molecule has 2 aromatic heterocycles. The normalized spacial score (nSPS) is 17.1. The van der Waals surface area contributed by atoms with Gasteiger partial charge in [-0.2, -0.15) is 0 Å². The summed E-state index contributed by atoms with van der Waals surface area (Å²) in [5.41, 5.74) is 1.93. The van der Waals surface area contributed by atoms with Gasteiger partial charge in [-0.15, -0.1) is 0 Å². The van der Waals surface area contributed by atoms with Crippen molar-refractivity contribution in [3.63, 3.8) is 0 Å². The van der Waals surface area contributed by atoms with Crippen LogP contribution in [0.3, 0.4) is 0 Å². The number of nitrogens with zero attached hydrogens (tertiary/aromatic N) is 4. The van der Waals surface area contributed by atoms with E-state index in [1.807, 2.05) is 18.3 Å². The summed E-state index contributed by atoms with van der Waals surface area (Å²) >= 11 is 0. The van der Waals surface area contributed by atoms with Crippen LogP contribution in [-0.4, -0.2) is 47.2 Å². The Hall–Kier alpha value is -2.21. The van der Waals surface area contributed by atoms with E-state index in [1.165, 1.54) is 6.42 Å². The summed E-state index contributed by atoms with van der Waals surface area (Å²) in [5, 5.41) is 7.13. The highest BCUT2D eigenvalue weighted by molar-refractivity contribution is 5.67. The average molecular weight is 355 g/mol. The van der Waals surface area contributed by atoms with Crippen LogP contribution in [-0.2, 0) is 0 Å². The smallest absolute Gasteiger partial charge is 0.171 e. The van der Waals surface area contributed by atoms with E-state index in [1.54, 1.807) is 12.4 Å². The lowest BCUT2D eigenvalue weighted by Gasteiger charge is -2.29. The van der Waals surface area contributed by atoms with Crippen molar-refractivity contribution in [2.75, 3.05) is 36.4 Å². The molecule has 0 radical (unpaired) electrons. The molecule has 1 unspecified atom stereocenters. The van der Waals surface area contributed by atoms with Crippen molar-refractivity contribution in [1.82, 2.24) is 20.3 Å². The lowest BCUT2D eigenvalue weighted by Crippen LogP contribution is -2.39. The van der Waals surface area contributed by atoms with Crippen LogP contribution in [0.1, 0.15) is 39.5 Å². The Labute approximate surface area is 156 Å². The minimum Gasteiger partial charge on any atom is -0.363 e. The van der Waals surface area contributed by atoms with Gasteiger partial charge in [0.2, 0.25) is 0 Å². The number of pyridine rings is 1. The molecule has 0 saturated carbocycles. The highest BCUT2D eigenvalue weighted by Crippen LogP contribution is 2.27. The predicted molar refractivity (Wildman–Crippen MR) is 108 cm³/mol. The Morgan fingerprint density at radius 2 is 1.96 bits per heavy atom. The molecule has 1 fully saturated rings. The van der Waals surface area contributed by atoms with E-state index in [-0.39, 0.29) is 0 Å². The predicted octanol–water partition coefficient (Wildman–Crippen LogP) is 3.33. The van der Waals surface area contributed by atoms with E-state index in [2.05, 4.69) is 34.4 Å². The minimum atomic E-state index is 0.398. The van der Waals surface area contributed by atoms with E-state index in [0.717, 1.165) is 68.3 Å². The number of rotatable bonds is 8. The second-order valence-corrected chi connectivity index (χ2v) is 6.84. The summed E-state index contributed by atoms with van der Waals surface area (Å²) in [6.45, 7) is 8.48. The molecule has 1 saturated heterocycles. The van der Waals surface area contributed by atoms with Gasteiger partial charge in [-0.1, -0.05) is 13.8 Å². The van der Waals surface area contributed by atoms with E-state index in [4.69, 9.17) is 9.97 Å². The summed E-state index contributed by atoms with van der Waals surface area (Å²) in [7, 11) is 0. The average Bonchev–Trinajstić information content (AvgIpc) is 2.69. The van der Waals surface area contributed by atoms with Crippen molar-refractivity contribution in [1.29, 1.82) is 0 Å². The summed E-state index contributed by atoms with van der Waals surface area (Å²) in [6, 6.07) is 4.35. The first kappa shape index (κ1) is 18.6. The van der Waals surface area contributed by atoms with Crippen molar-refractivity contribution >= 4 is 11.6 Å². The van der Waals surface area contributed by atoms with Crippen LogP contribution in [0.15, 0.2) is 30.7 Å². The first-order chi connectivity index (χ1) is 12.8. The molecular formula is C20H30N6. The van der Waals surface area contributed by atoms with Gasteiger partial charge in [-0.05, 0) is 44.4 Å². The summed E-state index contributed by atoms with van der Waals surface area (Å²) in [4.78, 5) is 16.2. The Morgan fingerprint density at radius 3 is 2.62 bits per heavy atom. The fourth-order valence-corrected chi connectivity index (χ4v) is 3.40. The standard InChI is InChI=1S/C20H30N6/c1-3-12-26(13-4-2)20-19(24-17-6-5-9-22-14-17)25-18(15-23-20)16-7-10-21-11-8-16/h7-8,10-11,15,17,22H,3-6,9,12-14H2,1-2H3,(H,24,25). The maximum atomic E-state index is 4.95. The van der Waals surface area contributed by atoms with Crippen molar-refractivity contribution in [3.8, 4) is 11.3 Å². The lowest BCUT2D eigenvalue weighted by atomic mass is 10.1. The van der Waals surface area contributed by atoms with E-state index in [0.29, 0.717) is 6.04 Å². The molecule has 3 heterocycles. The van der Waals surface area contributed by atoms with Crippen LogP contribution in [0.4, 0.5) is 11.6 Å². The Kier molecular flexibility index (Phi) is 6.77. The Morgan fingerprint density at radius 1 is 1.19 bits per heavy atom. The molecule has 2 N–H and O–H groups in total. The number of hydrogen-bond acceptors (Lipinski definition) is 6. The molecule has 1 atom stereocenters. The summed E-state index contributed by atoms with van der Waals surface area (Å²) in [6.07, 6.45) is 10.0. The van der Waals surface area contributed by atoms with Crippen LogP contribution in [0.25, 0.3) is 11.3 Å². The molecule has 1 aliphatic rings. The van der Waals surface area contributed by atoms with Gasteiger partial charge in [-0.25, -0.2) is 9.97 Å². The van der Waals surface area contributed by atoms with Crippen LogP contribution in [0.5, 0.6) is 0 Å². The topological polar surface area (TPSA) is 66.0 Å². The lowest BCUT2D eigenvalue weighted by molar-refractivity contribution is 0.479. The van der Waals surface area contributed by atoms with Gasteiger partial charge in [0.1, 0.15) is 0 Å². The third-order valence-electron chi connectivity index (χ3n) is 4.65. The second kappa shape index (κ2) is 9.48. The highest BCUT2D eigenvalue weighted by atomic mass is 15.2. The van der Waals surface area contributed by atoms with Crippen LogP contribution in [0, 0.1) is 0 Å². The molecular weight excluding hydrogens is 324 g/mol. The van der Waals surface area contributed by atoms with Crippen LogP contribution in [0.2, 0.25) is 0 Å². The molecule has 2 aromatic rings. The number of aromatic nitrogens is 3. The van der Waals surface area contributed by atoms with E-state index < -0.39 is 0 Å². The van der Waals surface area contributed by atoms with Gasteiger partial charge in [-0.3, -0.25) is 4.98 Å². The first-order valence-electron chi connectivity index (χ1n) is 9.81. The third-order valence-corrected chi connectivity index (χ3v) is 4.65. The molecule has 0 amide bonds. The monoisotopic (exact) mass is 354 g/mol. The molecule has 26 heavy (non-hydrogen) atoms. The molecule has 0 aliphatic carbocycles. The van der Waals surface area contributed by atoms with Gasteiger partial charge < -0.3 is 15.5 Å².